The van der Waals surface area contributed by atoms with Gasteiger partial charge in [0.05, 0.1) is 6.10 Å². The molecule has 2 aliphatic heterocycles. The lowest BCUT2D eigenvalue weighted by Gasteiger charge is -2.45. The summed E-state index contributed by atoms with van der Waals surface area (Å²) in [5, 5.41) is 0. The van der Waals surface area contributed by atoms with Crippen LogP contribution in [-0.4, -0.2) is 29.6 Å². The maximum Gasteiger partial charge on any atom is 0.354 e. The van der Waals surface area contributed by atoms with Crippen molar-refractivity contribution in [1.29, 1.82) is 0 Å². The summed E-state index contributed by atoms with van der Waals surface area (Å²) in [4.78, 5) is 13.8. The summed E-state index contributed by atoms with van der Waals surface area (Å²) in [6.07, 6.45) is 5.43. The molecule has 0 spiro atoms. The van der Waals surface area contributed by atoms with E-state index < -0.39 is 0 Å². The second-order valence-electron chi connectivity index (χ2n) is 4.26. The minimum atomic E-state index is -0.149. The van der Waals surface area contributed by atoms with Crippen molar-refractivity contribution in [3.05, 3.63) is 11.8 Å². The Morgan fingerprint density at radius 2 is 2.36 bits per heavy atom. The average Bonchev–Trinajstić information content (AvgIpc) is 2.05. The highest BCUT2D eigenvalue weighted by molar-refractivity contribution is 5.88. The molecule has 78 valence electrons. The van der Waals surface area contributed by atoms with E-state index in [2.05, 4.69) is 4.90 Å². The summed E-state index contributed by atoms with van der Waals surface area (Å²) < 4.78 is 5.19. The molecule has 14 heavy (non-hydrogen) atoms. The molecule has 0 bridgehead atoms. The number of carbonyl (C=O) groups is 1. The van der Waals surface area contributed by atoms with Crippen LogP contribution in [0.3, 0.4) is 0 Å². The van der Waals surface area contributed by atoms with Crippen molar-refractivity contribution < 1.29 is 9.53 Å². The standard InChI is InChI=1S/C11H17NO2/c1-8(2)14-11(13)10-5-3-4-9-6-7-12(9)10/h5,8-9H,3-4,6-7H2,1-2H3. The predicted octanol–water partition coefficient (Wildman–Crippen LogP) is 1.69. The van der Waals surface area contributed by atoms with Gasteiger partial charge in [0.1, 0.15) is 5.70 Å². The maximum atomic E-state index is 11.7. The molecule has 3 nitrogen and oxygen atoms in total. The summed E-state index contributed by atoms with van der Waals surface area (Å²) in [5.41, 5.74) is 0.793. The van der Waals surface area contributed by atoms with Gasteiger partial charge < -0.3 is 9.64 Å². The highest BCUT2D eigenvalue weighted by Crippen LogP contribution is 2.31. The molecular weight excluding hydrogens is 178 g/mol. The van der Waals surface area contributed by atoms with Crippen molar-refractivity contribution >= 4 is 5.97 Å². The highest BCUT2D eigenvalue weighted by Gasteiger charge is 2.35. The molecule has 0 aromatic rings. The number of rotatable bonds is 2. The van der Waals surface area contributed by atoms with E-state index in [-0.39, 0.29) is 12.1 Å². The van der Waals surface area contributed by atoms with Gasteiger partial charge in [-0.1, -0.05) is 6.08 Å². The zero-order chi connectivity index (χ0) is 10.1. The molecule has 2 aliphatic rings. The lowest BCUT2D eigenvalue weighted by molar-refractivity contribution is -0.146. The molecule has 3 heteroatoms. The second-order valence-corrected chi connectivity index (χ2v) is 4.26. The summed E-state index contributed by atoms with van der Waals surface area (Å²) in [7, 11) is 0. The minimum Gasteiger partial charge on any atom is -0.458 e. The Morgan fingerprint density at radius 3 is 2.93 bits per heavy atom. The average molecular weight is 195 g/mol. The van der Waals surface area contributed by atoms with Crippen molar-refractivity contribution in [2.75, 3.05) is 6.54 Å². The first-order chi connectivity index (χ1) is 6.68. The SMILES string of the molecule is CC(C)OC(=O)C1=CCCC2CCN12. The van der Waals surface area contributed by atoms with Crippen LogP contribution in [0.15, 0.2) is 11.8 Å². The van der Waals surface area contributed by atoms with Crippen LogP contribution in [0.1, 0.15) is 33.1 Å². The topological polar surface area (TPSA) is 29.5 Å². The number of hydrogen-bond donors (Lipinski definition) is 0. The molecule has 1 fully saturated rings. The van der Waals surface area contributed by atoms with Gasteiger partial charge in [0.2, 0.25) is 0 Å². The van der Waals surface area contributed by atoms with Crippen molar-refractivity contribution in [2.45, 2.75) is 45.3 Å². The van der Waals surface area contributed by atoms with Gasteiger partial charge in [0, 0.05) is 12.6 Å². The molecule has 0 N–H and O–H groups in total. The van der Waals surface area contributed by atoms with Crippen LogP contribution in [0.25, 0.3) is 0 Å². The van der Waals surface area contributed by atoms with Crippen molar-refractivity contribution in [3.8, 4) is 0 Å². The van der Waals surface area contributed by atoms with E-state index in [1.807, 2.05) is 19.9 Å². The van der Waals surface area contributed by atoms with Gasteiger partial charge in [-0.2, -0.15) is 0 Å². The molecule has 0 saturated carbocycles. The summed E-state index contributed by atoms with van der Waals surface area (Å²) in [5.74, 6) is -0.149. The molecule has 2 heterocycles. The van der Waals surface area contributed by atoms with Crippen molar-refractivity contribution in [3.63, 3.8) is 0 Å². The Balaban J connectivity index is 2.02. The molecule has 1 atom stereocenters. The normalized spacial score (nSPS) is 25.2. The van der Waals surface area contributed by atoms with Crippen LogP contribution in [0, 0.1) is 0 Å². The highest BCUT2D eigenvalue weighted by atomic mass is 16.5. The fourth-order valence-corrected chi connectivity index (χ4v) is 2.06. The molecular formula is C11H17NO2. The van der Waals surface area contributed by atoms with Gasteiger partial charge in [-0.15, -0.1) is 0 Å². The molecule has 1 unspecified atom stereocenters. The van der Waals surface area contributed by atoms with Gasteiger partial charge in [-0.05, 0) is 33.1 Å². The molecule has 2 rings (SSSR count). The molecule has 0 aromatic carbocycles. The Kier molecular flexibility index (Phi) is 2.48. The molecule has 0 radical (unpaired) electrons. The number of nitrogens with zero attached hydrogens (tertiary/aromatic N) is 1. The van der Waals surface area contributed by atoms with Crippen LogP contribution in [0.2, 0.25) is 0 Å². The summed E-state index contributed by atoms with van der Waals surface area (Å²) >= 11 is 0. The van der Waals surface area contributed by atoms with E-state index in [1.165, 1.54) is 12.8 Å². The zero-order valence-electron chi connectivity index (χ0n) is 8.82. The van der Waals surface area contributed by atoms with Gasteiger partial charge >= 0.3 is 5.97 Å². The zero-order valence-corrected chi connectivity index (χ0v) is 8.82. The first-order valence-electron chi connectivity index (χ1n) is 5.36. The van der Waals surface area contributed by atoms with Gasteiger partial charge in [-0.3, -0.25) is 0 Å². The number of fused-ring (bicyclic) bond motifs is 1. The maximum absolute atomic E-state index is 11.7. The number of ether oxygens (including phenoxy) is 1. The van der Waals surface area contributed by atoms with Crippen LogP contribution in [0.4, 0.5) is 0 Å². The predicted molar refractivity (Wildman–Crippen MR) is 53.7 cm³/mol. The Labute approximate surface area is 84.7 Å². The van der Waals surface area contributed by atoms with Crippen LogP contribution in [-0.2, 0) is 9.53 Å². The van der Waals surface area contributed by atoms with Gasteiger partial charge in [-0.25, -0.2) is 4.79 Å². The van der Waals surface area contributed by atoms with E-state index >= 15 is 0 Å². The summed E-state index contributed by atoms with van der Waals surface area (Å²) in [6.45, 7) is 4.79. The molecule has 0 aliphatic carbocycles. The van der Waals surface area contributed by atoms with Crippen molar-refractivity contribution in [1.82, 2.24) is 4.90 Å². The van der Waals surface area contributed by atoms with E-state index in [4.69, 9.17) is 4.74 Å². The second kappa shape index (κ2) is 3.64. The third-order valence-electron chi connectivity index (χ3n) is 2.84. The monoisotopic (exact) mass is 195 g/mol. The molecule has 0 amide bonds. The number of allylic oxidation sites excluding steroid dienone is 1. The van der Waals surface area contributed by atoms with Crippen LogP contribution < -0.4 is 0 Å². The first-order valence-corrected chi connectivity index (χ1v) is 5.36. The molecule has 1 saturated heterocycles. The van der Waals surface area contributed by atoms with Crippen LogP contribution >= 0.6 is 0 Å². The third-order valence-corrected chi connectivity index (χ3v) is 2.84. The van der Waals surface area contributed by atoms with E-state index in [1.54, 1.807) is 0 Å². The fourth-order valence-electron chi connectivity index (χ4n) is 2.06. The fraction of sp³-hybridized carbons (Fsp3) is 0.727. The summed E-state index contributed by atoms with van der Waals surface area (Å²) in [6, 6.07) is 0.606. The quantitative estimate of drug-likeness (QED) is 0.628. The Morgan fingerprint density at radius 1 is 1.57 bits per heavy atom. The Hall–Kier alpha value is -0.990. The lowest BCUT2D eigenvalue weighted by Crippen LogP contribution is -2.50. The smallest absolute Gasteiger partial charge is 0.354 e. The van der Waals surface area contributed by atoms with Crippen molar-refractivity contribution in [2.24, 2.45) is 0 Å². The van der Waals surface area contributed by atoms with Crippen LogP contribution in [0.5, 0.6) is 0 Å². The van der Waals surface area contributed by atoms with Gasteiger partial charge in [0.25, 0.3) is 0 Å². The van der Waals surface area contributed by atoms with E-state index in [0.717, 1.165) is 18.7 Å². The lowest BCUT2D eigenvalue weighted by atomic mass is 9.92. The Bertz CT molecular complexity index is 270. The minimum absolute atomic E-state index is 0.0231. The number of hydrogen-bond acceptors (Lipinski definition) is 3. The number of carbonyl (C=O) groups excluding carboxylic acids is 1. The first kappa shape index (κ1) is 9.56. The number of esters is 1. The third kappa shape index (κ3) is 1.63. The van der Waals surface area contributed by atoms with E-state index in [9.17, 15) is 4.79 Å². The van der Waals surface area contributed by atoms with E-state index in [0.29, 0.717) is 6.04 Å². The molecule has 0 aromatic heterocycles. The largest absolute Gasteiger partial charge is 0.458 e. The van der Waals surface area contributed by atoms with Gasteiger partial charge in [0.15, 0.2) is 0 Å².